The van der Waals surface area contributed by atoms with E-state index in [-0.39, 0.29) is 24.0 Å². The number of alkyl halides is 2. The fraction of sp³-hybridized carbons (Fsp3) is 0.200. The van der Waals surface area contributed by atoms with Crippen molar-refractivity contribution in [2.75, 3.05) is 19.0 Å². The predicted octanol–water partition coefficient (Wildman–Crippen LogP) is 3.70. The molecule has 2 aromatic carbocycles. The lowest BCUT2D eigenvalue weighted by molar-refractivity contribution is -0.111. The average Bonchev–Trinajstić information content (AvgIpc) is 2.68. The molecule has 0 saturated heterocycles. The molecule has 2 amide bonds. The maximum Gasteiger partial charge on any atom is 0.387 e. The molecular formula is C20H20F2N2O4. The highest BCUT2D eigenvalue weighted by atomic mass is 19.3. The maximum absolute atomic E-state index is 12.4. The van der Waals surface area contributed by atoms with Crippen LogP contribution in [0.3, 0.4) is 0 Å². The third kappa shape index (κ3) is 6.08. The first-order valence-electron chi connectivity index (χ1n) is 8.45. The van der Waals surface area contributed by atoms with Gasteiger partial charge >= 0.3 is 6.61 Å². The van der Waals surface area contributed by atoms with E-state index in [2.05, 4.69) is 15.4 Å². The Bertz CT molecular complexity index is 852. The van der Waals surface area contributed by atoms with Crippen LogP contribution in [0.25, 0.3) is 6.08 Å². The molecule has 0 atom stereocenters. The van der Waals surface area contributed by atoms with Gasteiger partial charge < -0.3 is 20.1 Å². The largest absolute Gasteiger partial charge is 0.490 e. The molecule has 0 radical (unpaired) electrons. The summed E-state index contributed by atoms with van der Waals surface area (Å²) in [5.74, 6) is -0.523. The lowest BCUT2D eigenvalue weighted by Crippen LogP contribution is -2.17. The van der Waals surface area contributed by atoms with E-state index in [1.54, 1.807) is 31.2 Å². The van der Waals surface area contributed by atoms with Crippen molar-refractivity contribution in [3.8, 4) is 11.5 Å². The highest BCUT2D eigenvalue weighted by Crippen LogP contribution is 2.30. The van der Waals surface area contributed by atoms with E-state index >= 15 is 0 Å². The van der Waals surface area contributed by atoms with Gasteiger partial charge in [-0.1, -0.05) is 6.07 Å². The number of anilines is 1. The fourth-order valence-electron chi connectivity index (χ4n) is 2.30. The first-order chi connectivity index (χ1) is 13.4. The minimum absolute atomic E-state index is 0.0744. The van der Waals surface area contributed by atoms with Crippen LogP contribution in [0.15, 0.2) is 48.5 Å². The Balaban J connectivity index is 2.04. The lowest BCUT2D eigenvalue weighted by atomic mass is 10.1. The van der Waals surface area contributed by atoms with Gasteiger partial charge in [0.2, 0.25) is 5.91 Å². The number of carbonyl (C=O) groups is 2. The first kappa shape index (κ1) is 20.9. The van der Waals surface area contributed by atoms with Crippen LogP contribution in [0.5, 0.6) is 11.5 Å². The van der Waals surface area contributed by atoms with E-state index in [4.69, 9.17) is 4.74 Å². The van der Waals surface area contributed by atoms with Crippen LogP contribution >= 0.6 is 0 Å². The molecule has 0 fully saturated rings. The second kappa shape index (κ2) is 10.1. The summed E-state index contributed by atoms with van der Waals surface area (Å²) < 4.78 is 34.5. The third-order valence-electron chi connectivity index (χ3n) is 3.55. The van der Waals surface area contributed by atoms with Crippen LogP contribution in [-0.4, -0.2) is 32.1 Å². The summed E-state index contributed by atoms with van der Waals surface area (Å²) in [4.78, 5) is 23.5. The van der Waals surface area contributed by atoms with Gasteiger partial charge in [-0.2, -0.15) is 8.78 Å². The van der Waals surface area contributed by atoms with Gasteiger partial charge in [0.15, 0.2) is 11.5 Å². The number of nitrogens with one attached hydrogen (secondary N) is 2. The Kier molecular flexibility index (Phi) is 7.50. The highest BCUT2D eigenvalue weighted by molar-refractivity contribution is 6.02. The lowest BCUT2D eigenvalue weighted by Gasteiger charge is -2.11. The van der Waals surface area contributed by atoms with E-state index < -0.39 is 12.5 Å². The molecule has 0 aliphatic carbocycles. The number of carbonyl (C=O) groups excluding carboxylic acids is 2. The minimum atomic E-state index is -2.96. The van der Waals surface area contributed by atoms with Crippen molar-refractivity contribution < 1.29 is 27.8 Å². The number of benzene rings is 2. The van der Waals surface area contributed by atoms with E-state index in [1.165, 1.54) is 37.4 Å². The van der Waals surface area contributed by atoms with Crippen molar-refractivity contribution in [3.05, 3.63) is 59.7 Å². The first-order valence-corrected chi connectivity index (χ1v) is 8.45. The van der Waals surface area contributed by atoms with E-state index in [1.807, 2.05) is 0 Å². The molecule has 0 spiro atoms. The van der Waals surface area contributed by atoms with Crippen LogP contribution in [-0.2, 0) is 4.79 Å². The zero-order valence-corrected chi connectivity index (χ0v) is 15.4. The minimum Gasteiger partial charge on any atom is -0.490 e. The molecule has 8 heteroatoms. The molecule has 0 heterocycles. The number of amides is 2. The number of rotatable bonds is 8. The summed E-state index contributed by atoms with van der Waals surface area (Å²) in [6.45, 7) is -0.960. The van der Waals surface area contributed by atoms with Crippen LogP contribution in [0.2, 0.25) is 0 Å². The molecule has 0 bridgehead atoms. The maximum atomic E-state index is 12.4. The molecule has 0 aliphatic rings. The summed E-state index contributed by atoms with van der Waals surface area (Å²) in [6.07, 6.45) is 2.81. The molecule has 0 aliphatic heterocycles. The Labute approximate surface area is 161 Å². The molecule has 2 aromatic rings. The zero-order chi connectivity index (χ0) is 20.5. The van der Waals surface area contributed by atoms with Crippen LogP contribution in [0.4, 0.5) is 14.5 Å². The molecule has 148 valence electrons. The standard InChI is InChI=1S/C20H20F2N2O4/c1-3-27-17-12-13(4-10-16(17)28-20(21)22)5-11-18(25)24-15-8-6-14(7-9-15)19(26)23-2/h4-12,20H,3H2,1-2H3,(H,23,26)(H,24,25)/b11-5+. The van der Waals surface area contributed by atoms with E-state index in [0.717, 1.165) is 0 Å². The molecule has 2 rings (SSSR count). The number of halogens is 2. The van der Waals surface area contributed by atoms with Gasteiger partial charge in [0.05, 0.1) is 6.61 Å². The van der Waals surface area contributed by atoms with Crippen LogP contribution in [0, 0.1) is 0 Å². The van der Waals surface area contributed by atoms with Gasteiger partial charge in [0.25, 0.3) is 5.91 Å². The topological polar surface area (TPSA) is 76.7 Å². The smallest absolute Gasteiger partial charge is 0.387 e. The van der Waals surface area contributed by atoms with Crippen molar-refractivity contribution >= 4 is 23.6 Å². The zero-order valence-electron chi connectivity index (χ0n) is 15.4. The summed E-state index contributed by atoms with van der Waals surface area (Å²) in [6, 6.07) is 10.8. The van der Waals surface area contributed by atoms with Gasteiger partial charge in [-0.3, -0.25) is 9.59 Å². The van der Waals surface area contributed by atoms with Gasteiger partial charge in [0, 0.05) is 24.4 Å². The number of hydrogen-bond donors (Lipinski definition) is 2. The van der Waals surface area contributed by atoms with Crippen molar-refractivity contribution in [3.63, 3.8) is 0 Å². The SMILES string of the molecule is CCOc1cc(/C=C/C(=O)Nc2ccc(C(=O)NC)cc2)ccc1OC(F)F. The van der Waals surface area contributed by atoms with Crippen molar-refractivity contribution in [2.24, 2.45) is 0 Å². The Hall–Kier alpha value is -3.42. The normalized spacial score (nSPS) is 10.8. The molecular weight excluding hydrogens is 370 g/mol. The quantitative estimate of drug-likeness (QED) is 0.674. The molecule has 0 unspecified atom stereocenters. The Morgan fingerprint density at radius 3 is 2.43 bits per heavy atom. The highest BCUT2D eigenvalue weighted by Gasteiger charge is 2.11. The molecule has 6 nitrogen and oxygen atoms in total. The van der Waals surface area contributed by atoms with Gasteiger partial charge in [0.1, 0.15) is 0 Å². The molecule has 2 N–H and O–H groups in total. The van der Waals surface area contributed by atoms with E-state index in [9.17, 15) is 18.4 Å². The van der Waals surface area contributed by atoms with Gasteiger partial charge in [-0.15, -0.1) is 0 Å². The van der Waals surface area contributed by atoms with Crippen LogP contribution < -0.4 is 20.1 Å². The summed E-state index contributed by atoms with van der Waals surface area (Å²) in [5, 5.41) is 5.17. The third-order valence-corrected chi connectivity index (χ3v) is 3.55. The van der Waals surface area contributed by atoms with Gasteiger partial charge in [-0.25, -0.2) is 0 Å². The number of hydrogen-bond acceptors (Lipinski definition) is 4. The average molecular weight is 390 g/mol. The van der Waals surface area contributed by atoms with E-state index in [0.29, 0.717) is 16.8 Å². The summed E-state index contributed by atoms with van der Waals surface area (Å²) in [7, 11) is 1.53. The monoisotopic (exact) mass is 390 g/mol. The summed E-state index contributed by atoms with van der Waals surface area (Å²) in [5.41, 5.74) is 1.58. The predicted molar refractivity (Wildman–Crippen MR) is 102 cm³/mol. The van der Waals surface area contributed by atoms with Crippen molar-refractivity contribution in [1.82, 2.24) is 5.32 Å². The Morgan fingerprint density at radius 1 is 1.11 bits per heavy atom. The van der Waals surface area contributed by atoms with Crippen molar-refractivity contribution in [2.45, 2.75) is 13.5 Å². The molecule has 28 heavy (non-hydrogen) atoms. The molecule has 0 aromatic heterocycles. The van der Waals surface area contributed by atoms with Crippen molar-refractivity contribution in [1.29, 1.82) is 0 Å². The fourth-order valence-corrected chi connectivity index (χ4v) is 2.30. The number of ether oxygens (including phenoxy) is 2. The van der Waals surface area contributed by atoms with Crippen LogP contribution in [0.1, 0.15) is 22.8 Å². The summed E-state index contributed by atoms with van der Waals surface area (Å²) >= 11 is 0. The second-order valence-electron chi connectivity index (χ2n) is 5.50. The van der Waals surface area contributed by atoms with Gasteiger partial charge in [-0.05, 0) is 55.0 Å². The Morgan fingerprint density at radius 2 is 1.82 bits per heavy atom. The molecule has 0 saturated carbocycles. The second-order valence-corrected chi connectivity index (χ2v) is 5.50.